The van der Waals surface area contributed by atoms with Gasteiger partial charge in [-0.15, -0.1) is 0 Å². The first-order valence-corrected chi connectivity index (χ1v) is 6.31. The Morgan fingerprint density at radius 2 is 2.20 bits per heavy atom. The van der Waals surface area contributed by atoms with Crippen LogP contribution in [0.4, 0.5) is 0 Å². The molecule has 3 N–H and O–H groups in total. The number of hydrogen-bond donors (Lipinski definition) is 3. The van der Waals surface area contributed by atoms with E-state index in [1.807, 2.05) is 0 Å². The Balaban J connectivity index is 1.57. The third-order valence-corrected chi connectivity index (χ3v) is 2.65. The molecule has 0 aliphatic rings. The van der Waals surface area contributed by atoms with E-state index in [1.54, 1.807) is 24.7 Å². The molecule has 0 saturated heterocycles. The van der Waals surface area contributed by atoms with Crippen molar-refractivity contribution in [2.24, 2.45) is 0 Å². The molecule has 7 heteroatoms. The molecule has 106 valence electrons. The van der Waals surface area contributed by atoms with Gasteiger partial charge in [0.05, 0.1) is 12.6 Å². The molecular formula is C13H16N4O3. The minimum atomic E-state index is -0.319. The average Bonchev–Trinajstić information content (AvgIpc) is 3.12. The van der Waals surface area contributed by atoms with Crippen LogP contribution >= 0.6 is 0 Å². The summed E-state index contributed by atoms with van der Waals surface area (Å²) in [5, 5.41) is 5.38. The van der Waals surface area contributed by atoms with Gasteiger partial charge in [-0.25, -0.2) is 4.98 Å². The lowest BCUT2D eigenvalue weighted by Gasteiger charge is -2.05. The van der Waals surface area contributed by atoms with Crippen LogP contribution in [0.3, 0.4) is 0 Å². The molecule has 0 saturated carbocycles. The second-order valence-corrected chi connectivity index (χ2v) is 4.16. The van der Waals surface area contributed by atoms with Gasteiger partial charge in [-0.05, 0) is 12.1 Å². The van der Waals surface area contributed by atoms with Crippen LogP contribution in [-0.2, 0) is 11.2 Å². The van der Waals surface area contributed by atoms with Crippen molar-refractivity contribution < 1.29 is 14.0 Å². The van der Waals surface area contributed by atoms with Gasteiger partial charge < -0.3 is 20.0 Å². The number of carbonyl (C=O) groups is 2. The van der Waals surface area contributed by atoms with Crippen LogP contribution < -0.4 is 10.6 Å². The van der Waals surface area contributed by atoms with Crippen LogP contribution in [0.25, 0.3) is 0 Å². The lowest BCUT2D eigenvalue weighted by Crippen LogP contribution is -2.31. The standard InChI is InChI=1S/C13H16N4O3/c18-12(15-5-3-10-8-14-9-17-10)4-6-16-13(19)11-2-1-7-20-11/h1-2,7-9H,3-6H2,(H,14,17)(H,15,18)(H,16,19). The quantitative estimate of drug-likeness (QED) is 0.684. The predicted octanol–water partition coefficient (Wildman–Crippen LogP) is 0.481. The minimum absolute atomic E-state index is 0.107. The number of amides is 2. The van der Waals surface area contributed by atoms with Gasteiger partial charge in [-0.3, -0.25) is 9.59 Å². The maximum absolute atomic E-state index is 11.5. The van der Waals surface area contributed by atoms with Gasteiger partial charge in [0.2, 0.25) is 5.91 Å². The first-order chi connectivity index (χ1) is 9.75. The molecule has 0 aliphatic carbocycles. The molecule has 7 nitrogen and oxygen atoms in total. The van der Waals surface area contributed by atoms with Crippen molar-refractivity contribution in [3.05, 3.63) is 42.4 Å². The Morgan fingerprint density at radius 1 is 1.30 bits per heavy atom. The second-order valence-electron chi connectivity index (χ2n) is 4.16. The maximum atomic E-state index is 11.5. The minimum Gasteiger partial charge on any atom is -0.459 e. The number of aromatic nitrogens is 2. The number of imidazole rings is 1. The average molecular weight is 276 g/mol. The monoisotopic (exact) mass is 276 g/mol. The smallest absolute Gasteiger partial charge is 0.286 e. The summed E-state index contributed by atoms with van der Waals surface area (Å²) in [5.41, 5.74) is 0.969. The van der Waals surface area contributed by atoms with Crippen LogP contribution in [0.15, 0.2) is 35.3 Å². The van der Waals surface area contributed by atoms with E-state index in [1.165, 1.54) is 6.26 Å². The summed E-state index contributed by atoms with van der Waals surface area (Å²) < 4.78 is 4.94. The summed E-state index contributed by atoms with van der Waals surface area (Å²) in [6.07, 6.45) is 5.67. The summed E-state index contributed by atoms with van der Waals surface area (Å²) >= 11 is 0. The zero-order chi connectivity index (χ0) is 14.2. The Hall–Kier alpha value is -2.57. The molecule has 0 unspecified atom stereocenters. The summed E-state index contributed by atoms with van der Waals surface area (Å²) in [7, 11) is 0. The van der Waals surface area contributed by atoms with Gasteiger partial charge in [0.1, 0.15) is 0 Å². The zero-order valence-corrected chi connectivity index (χ0v) is 10.9. The van der Waals surface area contributed by atoms with E-state index in [4.69, 9.17) is 4.42 Å². The number of nitrogens with one attached hydrogen (secondary N) is 3. The number of aromatic amines is 1. The molecule has 0 bridgehead atoms. The van der Waals surface area contributed by atoms with E-state index < -0.39 is 0 Å². The van der Waals surface area contributed by atoms with E-state index in [9.17, 15) is 9.59 Å². The Bertz CT molecular complexity index is 534. The highest BCUT2D eigenvalue weighted by Crippen LogP contribution is 1.98. The molecule has 0 radical (unpaired) electrons. The third-order valence-electron chi connectivity index (χ3n) is 2.65. The van der Waals surface area contributed by atoms with Gasteiger partial charge in [0.15, 0.2) is 5.76 Å². The van der Waals surface area contributed by atoms with Crippen LogP contribution in [0.1, 0.15) is 22.7 Å². The van der Waals surface area contributed by atoms with Crippen LogP contribution in [0.5, 0.6) is 0 Å². The Kier molecular flexibility index (Phi) is 4.94. The number of nitrogens with zero attached hydrogens (tertiary/aromatic N) is 1. The normalized spacial score (nSPS) is 10.2. The SMILES string of the molecule is O=C(CCNC(=O)c1ccco1)NCCc1cnc[nH]1. The molecular weight excluding hydrogens is 260 g/mol. The highest BCUT2D eigenvalue weighted by Gasteiger charge is 2.08. The van der Waals surface area contributed by atoms with E-state index >= 15 is 0 Å². The van der Waals surface area contributed by atoms with Gasteiger partial charge >= 0.3 is 0 Å². The van der Waals surface area contributed by atoms with Gasteiger partial charge in [0.25, 0.3) is 5.91 Å². The molecule has 2 aromatic heterocycles. The lowest BCUT2D eigenvalue weighted by atomic mass is 10.3. The molecule has 0 spiro atoms. The van der Waals surface area contributed by atoms with Gasteiger partial charge in [0, 0.05) is 37.8 Å². The molecule has 2 amide bonds. The first kappa shape index (κ1) is 13.9. The fraction of sp³-hybridized carbons (Fsp3) is 0.308. The van der Waals surface area contributed by atoms with Crippen molar-refractivity contribution in [2.75, 3.05) is 13.1 Å². The van der Waals surface area contributed by atoms with Gasteiger partial charge in [-0.1, -0.05) is 0 Å². The van der Waals surface area contributed by atoms with Crippen LogP contribution in [0, 0.1) is 0 Å². The predicted molar refractivity (Wildman–Crippen MR) is 71.0 cm³/mol. The summed E-state index contributed by atoms with van der Waals surface area (Å²) in [5.74, 6) is -0.186. The molecule has 2 aromatic rings. The van der Waals surface area contributed by atoms with Crippen molar-refractivity contribution in [2.45, 2.75) is 12.8 Å². The fourth-order valence-electron chi connectivity index (χ4n) is 1.63. The summed E-state index contributed by atoms with van der Waals surface area (Å²) in [6, 6.07) is 3.21. The van der Waals surface area contributed by atoms with E-state index in [0.29, 0.717) is 13.0 Å². The van der Waals surface area contributed by atoms with Crippen molar-refractivity contribution in [3.63, 3.8) is 0 Å². The van der Waals surface area contributed by atoms with E-state index in [2.05, 4.69) is 20.6 Å². The van der Waals surface area contributed by atoms with Crippen molar-refractivity contribution >= 4 is 11.8 Å². The molecule has 2 heterocycles. The fourth-order valence-corrected chi connectivity index (χ4v) is 1.63. The Labute approximate surface area is 115 Å². The zero-order valence-electron chi connectivity index (χ0n) is 10.9. The lowest BCUT2D eigenvalue weighted by molar-refractivity contribution is -0.120. The molecule has 0 aliphatic heterocycles. The molecule has 0 fully saturated rings. The number of H-pyrrole nitrogens is 1. The molecule has 0 atom stereocenters. The third kappa shape index (κ3) is 4.27. The van der Waals surface area contributed by atoms with Crippen molar-refractivity contribution in [1.29, 1.82) is 0 Å². The molecule has 0 aromatic carbocycles. The highest BCUT2D eigenvalue weighted by molar-refractivity contribution is 5.91. The Morgan fingerprint density at radius 3 is 2.90 bits per heavy atom. The second kappa shape index (κ2) is 7.13. The van der Waals surface area contributed by atoms with Crippen LogP contribution in [-0.4, -0.2) is 34.9 Å². The van der Waals surface area contributed by atoms with Crippen molar-refractivity contribution in [1.82, 2.24) is 20.6 Å². The number of rotatable bonds is 7. The van der Waals surface area contributed by atoms with Gasteiger partial charge in [-0.2, -0.15) is 0 Å². The summed E-state index contributed by atoms with van der Waals surface area (Å²) in [6.45, 7) is 0.808. The highest BCUT2D eigenvalue weighted by atomic mass is 16.3. The van der Waals surface area contributed by atoms with Crippen molar-refractivity contribution in [3.8, 4) is 0 Å². The largest absolute Gasteiger partial charge is 0.459 e. The number of hydrogen-bond acceptors (Lipinski definition) is 4. The summed E-state index contributed by atoms with van der Waals surface area (Å²) in [4.78, 5) is 29.9. The van der Waals surface area contributed by atoms with E-state index in [0.717, 1.165) is 5.69 Å². The number of furan rings is 1. The maximum Gasteiger partial charge on any atom is 0.286 e. The molecule has 2 rings (SSSR count). The topological polar surface area (TPSA) is 100 Å². The molecule has 20 heavy (non-hydrogen) atoms. The first-order valence-electron chi connectivity index (χ1n) is 6.31. The van der Waals surface area contributed by atoms with E-state index in [-0.39, 0.29) is 30.5 Å². The van der Waals surface area contributed by atoms with Crippen LogP contribution in [0.2, 0.25) is 0 Å². The number of carbonyl (C=O) groups excluding carboxylic acids is 2.